The third kappa shape index (κ3) is 5.43. The molecule has 0 radical (unpaired) electrons. The summed E-state index contributed by atoms with van der Waals surface area (Å²) in [6.45, 7) is 0. The summed E-state index contributed by atoms with van der Waals surface area (Å²) >= 11 is 6.53. The SMILES string of the molecule is Cn1c(C(F)(F)F)cc(=O)n(-c2cc(SCC(=O)NS(C)(=O)=O)c(Cl)cc2F)c1=O. The van der Waals surface area contributed by atoms with E-state index < -0.39 is 56.3 Å². The summed E-state index contributed by atoms with van der Waals surface area (Å²) in [6.07, 6.45) is -4.23. The number of benzene rings is 1. The molecule has 1 aromatic carbocycles. The van der Waals surface area contributed by atoms with E-state index in [9.17, 15) is 40.4 Å². The van der Waals surface area contributed by atoms with Crippen LogP contribution in [-0.2, 0) is 28.0 Å². The van der Waals surface area contributed by atoms with Crippen molar-refractivity contribution in [2.24, 2.45) is 7.05 Å². The lowest BCUT2D eigenvalue weighted by molar-refractivity contribution is -0.144. The summed E-state index contributed by atoms with van der Waals surface area (Å²) in [4.78, 5) is 36.0. The zero-order chi connectivity index (χ0) is 23.0. The lowest BCUT2D eigenvalue weighted by Crippen LogP contribution is -2.41. The summed E-state index contributed by atoms with van der Waals surface area (Å²) in [5, 5.41) is -0.231. The maximum atomic E-state index is 14.4. The van der Waals surface area contributed by atoms with E-state index in [0.717, 1.165) is 19.4 Å². The number of carbonyl (C=O) groups is 1. The van der Waals surface area contributed by atoms with Crippen LogP contribution < -0.4 is 16.0 Å². The summed E-state index contributed by atoms with van der Waals surface area (Å²) in [5.74, 6) is -2.58. The maximum Gasteiger partial charge on any atom is 0.431 e. The van der Waals surface area contributed by atoms with Gasteiger partial charge in [-0.25, -0.2) is 22.2 Å². The minimum absolute atomic E-state index is 0.0226. The Labute approximate surface area is 175 Å². The van der Waals surface area contributed by atoms with E-state index in [-0.39, 0.29) is 25.1 Å². The minimum atomic E-state index is -4.99. The van der Waals surface area contributed by atoms with Crippen molar-refractivity contribution in [3.8, 4) is 5.69 Å². The van der Waals surface area contributed by atoms with Gasteiger partial charge in [0.15, 0.2) is 0 Å². The second-order valence-corrected chi connectivity index (χ2v) is 9.04. The van der Waals surface area contributed by atoms with Crippen molar-refractivity contribution >= 4 is 39.3 Å². The quantitative estimate of drug-likeness (QED) is 0.504. The molecule has 0 aliphatic rings. The van der Waals surface area contributed by atoms with Gasteiger partial charge in [-0.15, -0.1) is 11.8 Å². The van der Waals surface area contributed by atoms with Gasteiger partial charge in [0.1, 0.15) is 11.5 Å². The molecule has 30 heavy (non-hydrogen) atoms. The molecule has 0 unspecified atom stereocenters. The number of nitrogens with one attached hydrogen (secondary N) is 1. The maximum absolute atomic E-state index is 14.4. The molecule has 8 nitrogen and oxygen atoms in total. The highest BCUT2D eigenvalue weighted by molar-refractivity contribution is 8.00. The van der Waals surface area contributed by atoms with Gasteiger partial charge in [0.05, 0.1) is 22.7 Å². The van der Waals surface area contributed by atoms with Crippen LogP contribution in [0, 0.1) is 5.82 Å². The van der Waals surface area contributed by atoms with Crippen molar-refractivity contribution in [2.45, 2.75) is 11.1 Å². The minimum Gasteiger partial charge on any atom is -0.292 e. The van der Waals surface area contributed by atoms with Gasteiger partial charge in [-0.05, 0) is 12.1 Å². The van der Waals surface area contributed by atoms with Gasteiger partial charge in [-0.1, -0.05) is 11.6 Å². The average Bonchev–Trinajstić information content (AvgIpc) is 2.56. The third-order valence-electron chi connectivity index (χ3n) is 3.51. The molecular weight excluding hydrogens is 478 g/mol. The molecule has 164 valence electrons. The van der Waals surface area contributed by atoms with Crippen LogP contribution in [0.2, 0.25) is 5.02 Å². The van der Waals surface area contributed by atoms with E-state index in [1.54, 1.807) is 4.72 Å². The summed E-state index contributed by atoms with van der Waals surface area (Å²) in [6, 6.07) is 1.74. The fraction of sp³-hybridized carbons (Fsp3) is 0.267. The van der Waals surface area contributed by atoms with E-state index in [1.165, 1.54) is 0 Å². The Balaban J connectivity index is 2.53. The first-order valence-electron chi connectivity index (χ1n) is 7.65. The van der Waals surface area contributed by atoms with Crippen molar-refractivity contribution in [2.75, 3.05) is 12.0 Å². The molecule has 0 aliphatic heterocycles. The molecular formula is C15H12ClF4N3O5S2. The highest BCUT2D eigenvalue weighted by Crippen LogP contribution is 2.31. The van der Waals surface area contributed by atoms with E-state index >= 15 is 0 Å². The Morgan fingerprint density at radius 1 is 1.23 bits per heavy atom. The van der Waals surface area contributed by atoms with Crippen LogP contribution in [0.25, 0.3) is 5.69 Å². The molecule has 0 saturated heterocycles. The summed E-state index contributed by atoms with van der Waals surface area (Å²) < 4.78 is 77.3. The average molecular weight is 490 g/mol. The molecule has 1 heterocycles. The Bertz CT molecular complexity index is 1240. The predicted molar refractivity (Wildman–Crippen MR) is 101 cm³/mol. The van der Waals surface area contributed by atoms with Gasteiger partial charge in [-0.3, -0.25) is 18.9 Å². The van der Waals surface area contributed by atoms with Crippen molar-refractivity contribution in [1.29, 1.82) is 0 Å². The standard InChI is InChI=1S/C15H12ClF4N3O5S2/c1-22-11(15(18,19)20)5-13(25)23(14(22)26)9-4-10(7(16)3-8(9)17)29-6-12(24)21-30(2,27)28/h3-5H,6H2,1-2H3,(H,21,24). The van der Waals surface area contributed by atoms with Gasteiger partial charge in [-0.2, -0.15) is 13.2 Å². The Kier molecular flexibility index (Phi) is 6.73. The zero-order valence-corrected chi connectivity index (χ0v) is 17.5. The second-order valence-electron chi connectivity index (χ2n) is 5.86. The first-order chi connectivity index (χ1) is 13.6. The van der Waals surface area contributed by atoms with Crippen LogP contribution in [0.3, 0.4) is 0 Å². The Hall–Kier alpha value is -2.32. The van der Waals surface area contributed by atoms with Crippen LogP contribution in [0.1, 0.15) is 5.69 Å². The number of nitrogens with zero attached hydrogens (tertiary/aromatic N) is 2. The van der Waals surface area contributed by atoms with Crippen LogP contribution in [0.5, 0.6) is 0 Å². The lowest BCUT2D eigenvalue weighted by atomic mass is 10.3. The Morgan fingerprint density at radius 3 is 2.37 bits per heavy atom. The van der Waals surface area contributed by atoms with E-state index in [4.69, 9.17) is 11.6 Å². The Morgan fingerprint density at radius 2 is 1.83 bits per heavy atom. The zero-order valence-electron chi connectivity index (χ0n) is 15.1. The number of rotatable bonds is 5. The summed E-state index contributed by atoms with van der Waals surface area (Å²) in [7, 11) is -3.05. The number of halogens is 5. The number of hydrogen-bond donors (Lipinski definition) is 1. The van der Waals surface area contributed by atoms with Crippen LogP contribution in [0.15, 0.2) is 32.7 Å². The molecule has 0 atom stereocenters. The first kappa shape index (κ1) is 24.0. The molecule has 0 spiro atoms. The largest absolute Gasteiger partial charge is 0.431 e. The molecule has 0 fully saturated rings. The molecule has 1 N–H and O–H groups in total. The molecule has 0 aliphatic carbocycles. The predicted octanol–water partition coefficient (Wildman–Crippen LogP) is 1.52. The number of aromatic nitrogens is 2. The number of amides is 1. The highest BCUT2D eigenvalue weighted by Gasteiger charge is 2.35. The molecule has 15 heteroatoms. The molecule has 0 bridgehead atoms. The number of sulfonamides is 1. The normalized spacial score (nSPS) is 12.1. The van der Waals surface area contributed by atoms with Crippen molar-refractivity contribution in [3.63, 3.8) is 0 Å². The molecule has 2 aromatic rings. The second kappa shape index (κ2) is 8.43. The van der Waals surface area contributed by atoms with Crippen molar-refractivity contribution < 1.29 is 30.8 Å². The van der Waals surface area contributed by atoms with Gasteiger partial charge >= 0.3 is 11.9 Å². The van der Waals surface area contributed by atoms with Crippen molar-refractivity contribution in [1.82, 2.24) is 13.9 Å². The van der Waals surface area contributed by atoms with Gasteiger partial charge in [0.2, 0.25) is 15.9 Å². The monoisotopic (exact) mass is 489 g/mol. The highest BCUT2D eigenvalue weighted by atomic mass is 35.5. The number of carbonyl (C=O) groups excluding carboxylic acids is 1. The number of alkyl halides is 3. The van der Waals surface area contributed by atoms with Crippen molar-refractivity contribution in [3.05, 3.63) is 55.6 Å². The first-order valence-corrected chi connectivity index (χ1v) is 10.9. The third-order valence-corrected chi connectivity index (χ3v) is 5.59. The molecule has 2 rings (SSSR count). The van der Waals surface area contributed by atoms with Gasteiger partial charge in [0, 0.05) is 18.0 Å². The van der Waals surface area contributed by atoms with E-state index in [0.29, 0.717) is 17.8 Å². The van der Waals surface area contributed by atoms with E-state index in [1.807, 2.05) is 0 Å². The molecule has 1 amide bonds. The smallest absolute Gasteiger partial charge is 0.292 e. The number of hydrogen-bond acceptors (Lipinski definition) is 6. The fourth-order valence-electron chi connectivity index (χ4n) is 2.30. The van der Waals surface area contributed by atoms with Crippen LogP contribution in [0.4, 0.5) is 17.6 Å². The molecule has 1 aromatic heterocycles. The van der Waals surface area contributed by atoms with Crippen LogP contribution >= 0.6 is 23.4 Å². The van der Waals surface area contributed by atoms with Gasteiger partial charge < -0.3 is 0 Å². The van der Waals surface area contributed by atoms with Gasteiger partial charge in [0.25, 0.3) is 5.56 Å². The summed E-state index contributed by atoms with van der Waals surface area (Å²) in [5.41, 5.74) is -5.10. The van der Waals surface area contributed by atoms with E-state index in [2.05, 4.69) is 0 Å². The van der Waals surface area contributed by atoms with Crippen LogP contribution in [-0.4, -0.2) is 35.5 Å². The topological polar surface area (TPSA) is 107 Å². The number of thioether (sulfide) groups is 1. The lowest BCUT2D eigenvalue weighted by Gasteiger charge is -2.15. The fourth-order valence-corrected chi connectivity index (χ4v) is 3.94. The molecule has 0 saturated carbocycles.